The highest BCUT2D eigenvalue weighted by Crippen LogP contribution is 2.31. The fourth-order valence-electron chi connectivity index (χ4n) is 3.65. The topological polar surface area (TPSA) is 110 Å². The van der Waals surface area contributed by atoms with Crippen molar-refractivity contribution in [2.24, 2.45) is 0 Å². The third-order valence-electron chi connectivity index (χ3n) is 5.62. The Morgan fingerprint density at radius 2 is 1.87 bits per heavy atom. The lowest BCUT2D eigenvalue weighted by atomic mass is 10.1. The lowest BCUT2D eigenvalue weighted by Gasteiger charge is -2.15. The van der Waals surface area contributed by atoms with Gasteiger partial charge in [-0.15, -0.1) is 0 Å². The molecule has 3 aromatic heterocycles. The minimum absolute atomic E-state index is 0.0602. The van der Waals surface area contributed by atoms with E-state index >= 15 is 0 Å². The van der Waals surface area contributed by atoms with E-state index in [1.807, 2.05) is 36.4 Å². The molecule has 0 unspecified atom stereocenters. The Hall–Kier alpha value is -5.00. The summed E-state index contributed by atoms with van der Waals surface area (Å²) < 4.78 is 54.8. The predicted molar refractivity (Wildman–Crippen MR) is 140 cm³/mol. The van der Waals surface area contributed by atoms with Gasteiger partial charge in [0.05, 0.1) is 22.6 Å². The quantitative estimate of drug-likeness (QED) is 0.197. The molecule has 8 nitrogen and oxygen atoms in total. The summed E-state index contributed by atoms with van der Waals surface area (Å²) in [6.45, 7) is 4.89. The molecule has 39 heavy (non-hydrogen) atoms. The van der Waals surface area contributed by atoms with Crippen LogP contribution in [0.2, 0.25) is 0 Å². The molecule has 12 heteroatoms. The number of fused-ring (bicyclic) bond motifs is 1. The lowest BCUT2D eigenvalue weighted by molar-refractivity contribution is -0.137. The SMILES string of the molecule is C=C/C(=C\C=C(/C)F)NC(=O)c1cc(C(F)(F)F)cnc1NCc1ccc(-c2ccc3c(N)ncnn23)cc1. The number of benzene rings is 1. The van der Waals surface area contributed by atoms with E-state index in [0.717, 1.165) is 22.9 Å². The minimum atomic E-state index is -4.71. The molecule has 0 saturated heterocycles. The summed E-state index contributed by atoms with van der Waals surface area (Å²) in [4.78, 5) is 20.7. The van der Waals surface area contributed by atoms with Crippen LogP contribution in [0.4, 0.5) is 29.2 Å². The Bertz CT molecular complexity index is 1580. The molecule has 3 heterocycles. The van der Waals surface area contributed by atoms with E-state index in [1.54, 1.807) is 4.52 Å². The van der Waals surface area contributed by atoms with Crippen molar-refractivity contribution >= 4 is 23.1 Å². The number of pyridine rings is 1. The number of amides is 1. The van der Waals surface area contributed by atoms with E-state index in [9.17, 15) is 22.4 Å². The Labute approximate surface area is 220 Å². The van der Waals surface area contributed by atoms with Gasteiger partial charge in [-0.25, -0.2) is 18.9 Å². The molecule has 4 aromatic rings. The number of carbonyl (C=O) groups excluding carboxylic acids is 1. The Morgan fingerprint density at radius 3 is 2.54 bits per heavy atom. The fourth-order valence-corrected chi connectivity index (χ4v) is 3.65. The number of allylic oxidation sites excluding steroid dienone is 4. The molecule has 0 aliphatic heterocycles. The molecule has 0 radical (unpaired) electrons. The number of carbonyl (C=O) groups is 1. The van der Waals surface area contributed by atoms with Crippen LogP contribution in [0.1, 0.15) is 28.4 Å². The summed E-state index contributed by atoms with van der Waals surface area (Å²) in [5.74, 6) is -1.11. The summed E-state index contributed by atoms with van der Waals surface area (Å²) in [6.07, 6.45) is 0.865. The van der Waals surface area contributed by atoms with E-state index in [2.05, 4.69) is 32.3 Å². The molecule has 4 rings (SSSR count). The second-order valence-corrected chi connectivity index (χ2v) is 8.36. The average molecular weight is 538 g/mol. The van der Waals surface area contributed by atoms with Gasteiger partial charge in [0.15, 0.2) is 5.82 Å². The molecular weight excluding hydrogens is 514 g/mol. The summed E-state index contributed by atoms with van der Waals surface area (Å²) in [5.41, 5.74) is 7.66. The monoisotopic (exact) mass is 537 g/mol. The maximum absolute atomic E-state index is 13.3. The van der Waals surface area contributed by atoms with Crippen LogP contribution in [0.25, 0.3) is 16.8 Å². The molecule has 0 fully saturated rings. The first-order valence-electron chi connectivity index (χ1n) is 11.5. The van der Waals surface area contributed by atoms with Crippen molar-refractivity contribution in [3.63, 3.8) is 0 Å². The van der Waals surface area contributed by atoms with Crippen LogP contribution in [-0.2, 0) is 12.7 Å². The van der Waals surface area contributed by atoms with Gasteiger partial charge in [0.25, 0.3) is 5.91 Å². The van der Waals surface area contributed by atoms with Crippen LogP contribution < -0.4 is 16.4 Å². The number of alkyl halides is 3. The zero-order valence-corrected chi connectivity index (χ0v) is 20.6. The van der Waals surface area contributed by atoms with Crippen molar-refractivity contribution in [3.8, 4) is 11.3 Å². The normalized spacial score (nSPS) is 12.4. The van der Waals surface area contributed by atoms with Gasteiger partial charge in [-0.05, 0) is 48.9 Å². The summed E-state index contributed by atoms with van der Waals surface area (Å²) in [7, 11) is 0. The fraction of sp³-hybridized carbons (Fsp3) is 0.111. The Kier molecular flexibility index (Phi) is 7.75. The molecule has 0 aliphatic rings. The van der Waals surface area contributed by atoms with Crippen molar-refractivity contribution in [1.82, 2.24) is 24.9 Å². The van der Waals surface area contributed by atoms with Crippen LogP contribution in [0.3, 0.4) is 0 Å². The predicted octanol–water partition coefficient (Wildman–Crippen LogP) is 5.68. The van der Waals surface area contributed by atoms with Gasteiger partial charge in [-0.3, -0.25) is 4.79 Å². The average Bonchev–Trinajstić information content (AvgIpc) is 3.35. The molecule has 4 N–H and O–H groups in total. The first kappa shape index (κ1) is 27.0. The van der Waals surface area contributed by atoms with E-state index in [0.29, 0.717) is 23.6 Å². The highest BCUT2D eigenvalue weighted by Gasteiger charge is 2.32. The third-order valence-corrected chi connectivity index (χ3v) is 5.62. The molecule has 1 amide bonds. The highest BCUT2D eigenvalue weighted by molar-refractivity contribution is 6.00. The Balaban J connectivity index is 1.56. The van der Waals surface area contributed by atoms with Crippen LogP contribution in [0.15, 0.2) is 91.3 Å². The first-order valence-corrected chi connectivity index (χ1v) is 11.5. The molecule has 0 saturated carbocycles. The zero-order valence-electron chi connectivity index (χ0n) is 20.6. The highest BCUT2D eigenvalue weighted by atomic mass is 19.4. The Morgan fingerprint density at radius 1 is 1.13 bits per heavy atom. The van der Waals surface area contributed by atoms with Crippen molar-refractivity contribution < 1.29 is 22.4 Å². The second kappa shape index (κ2) is 11.2. The lowest BCUT2D eigenvalue weighted by Crippen LogP contribution is -2.24. The molecule has 0 aliphatic carbocycles. The number of nitrogens with zero attached hydrogens (tertiary/aromatic N) is 4. The van der Waals surface area contributed by atoms with E-state index in [-0.39, 0.29) is 23.6 Å². The molecule has 1 aromatic carbocycles. The number of aromatic nitrogens is 4. The van der Waals surface area contributed by atoms with Crippen LogP contribution in [0, 0.1) is 0 Å². The molecule has 0 spiro atoms. The van der Waals surface area contributed by atoms with Crippen molar-refractivity contribution in [1.29, 1.82) is 0 Å². The van der Waals surface area contributed by atoms with Crippen molar-refractivity contribution in [2.45, 2.75) is 19.6 Å². The summed E-state index contributed by atoms with van der Waals surface area (Å²) in [5, 5.41) is 9.57. The first-order chi connectivity index (χ1) is 18.6. The van der Waals surface area contributed by atoms with Gasteiger partial charge in [0, 0.05) is 24.0 Å². The van der Waals surface area contributed by atoms with E-state index in [1.165, 1.54) is 25.4 Å². The number of hydrogen-bond acceptors (Lipinski definition) is 6. The van der Waals surface area contributed by atoms with E-state index < -0.39 is 23.5 Å². The molecule has 0 bridgehead atoms. The van der Waals surface area contributed by atoms with Gasteiger partial charge >= 0.3 is 6.18 Å². The molecular formula is C27H23F4N7O. The number of nitrogen functional groups attached to an aromatic ring is 1. The van der Waals surface area contributed by atoms with Gasteiger partial charge in [-0.2, -0.15) is 18.3 Å². The van der Waals surface area contributed by atoms with Gasteiger partial charge in [0.1, 0.15) is 17.7 Å². The molecule has 0 atom stereocenters. The number of rotatable bonds is 8. The number of halogens is 4. The summed E-state index contributed by atoms with van der Waals surface area (Å²) in [6, 6.07) is 11.7. The largest absolute Gasteiger partial charge is 0.417 e. The number of hydrogen-bond donors (Lipinski definition) is 3. The van der Waals surface area contributed by atoms with Gasteiger partial charge in [0.2, 0.25) is 0 Å². The number of nitrogens with two attached hydrogens (primary N) is 1. The van der Waals surface area contributed by atoms with Crippen molar-refractivity contribution in [2.75, 3.05) is 11.1 Å². The summed E-state index contributed by atoms with van der Waals surface area (Å²) >= 11 is 0. The van der Waals surface area contributed by atoms with E-state index in [4.69, 9.17) is 5.73 Å². The van der Waals surface area contributed by atoms with Crippen molar-refractivity contribution in [3.05, 3.63) is 108 Å². The third kappa shape index (κ3) is 6.29. The maximum Gasteiger partial charge on any atom is 0.417 e. The van der Waals surface area contributed by atoms with Crippen LogP contribution in [0.5, 0.6) is 0 Å². The van der Waals surface area contributed by atoms with Gasteiger partial charge < -0.3 is 16.4 Å². The maximum atomic E-state index is 13.3. The van der Waals surface area contributed by atoms with Crippen LogP contribution >= 0.6 is 0 Å². The van der Waals surface area contributed by atoms with Gasteiger partial charge in [-0.1, -0.05) is 30.8 Å². The minimum Gasteiger partial charge on any atom is -0.382 e. The second-order valence-electron chi connectivity index (χ2n) is 8.36. The smallest absolute Gasteiger partial charge is 0.382 e. The standard InChI is InChI=1S/C27H23F4N7O/c1-3-20(9-4-16(2)28)37-26(39)21-12-19(27(29,30)31)14-34-25(21)33-13-17-5-7-18(8-6-17)22-10-11-23-24(32)35-15-36-38(22)23/h3-12,14-15H,1,13H2,2H3,(H,33,34)(H,37,39)(H2,32,35,36)/b16-4+,20-9+. The number of anilines is 2. The number of nitrogens with one attached hydrogen (secondary N) is 2. The van der Waals surface area contributed by atoms with Crippen LogP contribution in [-0.4, -0.2) is 25.5 Å². The zero-order chi connectivity index (χ0) is 28.2. The molecule has 200 valence electrons.